The smallest absolute Gasteiger partial charge is 0.224 e. The van der Waals surface area contributed by atoms with Gasteiger partial charge in [0, 0.05) is 23.2 Å². The van der Waals surface area contributed by atoms with Crippen LogP contribution in [0.25, 0.3) is 16.7 Å². The maximum absolute atomic E-state index is 12.9. The summed E-state index contributed by atoms with van der Waals surface area (Å²) in [6.07, 6.45) is 2.83. The molecule has 0 saturated carbocycles. The SMILES string of the molecule is O=C(NCCc1ccccc1)[C@H]1CCCN(Cc2nc3ccccc3n2-c2ccc(Br)cc2)C1. The van der Waals surface area contributed by atoms with E-state index in [1.807, 2.05) is 24.3 Å². The minimum absolute atomic E-state index is 0.0232. The van der Waals surface area contributed by atoms with Crippen LogP contribution in [0.2, 0.25) is 0 Å². The number of halogens is 1. The van der Waals surface area contributed by atoms with Gasteiger partial charge in [-0.05, 0) is 67.8 Å². The Labute approximate surface area is 208 Å². The molecule has 1 N–H and O–H groups in total. The van der Waals surface area contributed by atoms with E-state index in [-0.39, 0.29) is 11.8 Å². The van der Waals surface area contributed by atoms with Crippen molar-refractivity contribution >= 4 is 32.9 Å². The summed E-state index contributed by atoms with van der Waals surface area (Å²) < 4.78 is 3.30. The summed E-state index contributed by atoms with van der Waals surface area (Å²) in [4.78, 5) is 20.2. The van der Waals surface area contributed by atoms with Crippen LogP contribution in [0.3, 0.4) is 0 Å². The second-order valence-electron chi connectivity index (χ2n) is 8.93. The second kappa shape index (κ2) is 10.5. The molecule has 34 heavy (non-hydrogen) atoms. The lowest BCUT2D eigenvalue weighted by atomic mass is 9.97. The van der Waals surface area contributed by atoms with Crippen LogP contribution in [0.1, 0.15) is 24.2 Å². The molecule has 3 aromatic carbocycles. The van der Waals surface area contributed by atoms with Gasteiger partial charge in [0.25, 0.3) is 0 Å². The highest BCUT2D eigenvalue weighted by molar-refractivity contribution is 9.10. The first-order valence-electron chi connectivity index (χ1n) is 11.9. The minimum Gasteiger partial charge on any atom is -0.355 e. The first kappa shape index (κ1) is 22.8. The minimum atomic E-state index is 0.0232. The molecule has 0 unspecified atom stereocenters. The number of nitrogens with one attached hydrogen (secondary N) is 1. The summed E-state index contributed by atoms with van der Waals surface area (Å²) in [6.45, 7) is 3.15. The van der Waals surface area contributed by atoms with E-state index in [0.29, 0.717) is 6.54 Å². The van der Waals surface area contributed by atoms with E-state index in [0.717, 1.165) is 65.9 Å². The van der Waals surface area contributed by atoms with Gasteiger partial charge >= 0.3 is 0 Å². The molecule has 6 heteroatoms. The molecule has 0 radical (unpaired) electrons. The lowest BCUT2D eigenvalue weighted by Gasteiger charge is -2.31. The van der Waals surface area contributed by atoms with Crippen LogP contribution in [0.4, 0.5) is 0 Å². The van der Waals surface area contributed by atoms with Crippen LogP contribution < -0.4 is 5.32 Å². The quantitative estimate of drug-likeness (QED) is 0.359. The van der Waals surface area contributed by atoms with Gasteiger partial charge < -0.3 is 5.32 Å². The van der Waals surface area contributed by atoms with Gasteiger partial charge in [-0.15, -0.1) is 0 Å². The molecule has 5 nitrogen and oxygen atoms in total. The fraction of sp³-hybridized carbons (Fsp3) is 0.286. The molecule has 174 valence electrons. The van der Waals surface area contributed by atoms with Crippen molar-refractivity contribution in [1.82, 2.24) is 19.8 Å². The molecule has 4 aromatic rings. The summed E-state index contributed by atoms with van der Waals surface area (Å²) in [6, 6.07) is 26.9. The molecule has 0 bridgehead atoms. The first-order chi connectivity index (χ1) is 16.7. The highest BCUT2D eigenvalue weighted by Crippen LogP contribution is 2.25. The number of nitrogens with zero attached hydrogens (tertiary/aromatic N) is 3. The Morgan fingerprint density at radius 1 is 1.00 bits per heavy atom. The van der Waals surface area contributed by atoms with Gasteiger partial charge in [0.1, 0.15) is 5.82 Å². The average Bonchev–Trinajstić information content (AvgIpc) is 3.23. The number of fused-ring (bicyclic) bond motifs is 1. The van der Waals surface area contributed by atoms with Gasteiger partial charge in [0.15, 0.2) is 0 Å². The molecule has 2 heterocycles. The Hall–Kier alpha value is -2.96. The number of piperidine rings is 1. The molecule has 1 aliphatic rings. The zero-order valence-electron chi connectivity index (χ0n) is 19.2. The largest absolute Gasteiger partial charge is 0.355 e. The topological polar surface area (TPSA) is 50.2 Å². The number of para-hydroxylation sites is 2. The van der Waals surface area contributed by atoms with Crippen molar-refractivity contribution in [1.29, 1.82) is 0 Å². The second-order valence-corrected chi connectivity index (χ2v) is 9.85. The van der Waals surface area contributed by atoms with Crippen molar-refractivity contribution in [2.24, 2.45) is 5.92 Å². The lowest BCUT2D eigenvalue weighted by Crippen LogP contribution is -2.43. The zero-order valence-corrected chi connectivity index (χ0v) is 20.7. The fourth-order valence-corrected chi connectivity index (χ4v) is 5.06. The van der Waals surface area contributed by atoms with Crippen molar-refractivity contribution in [3.8, 4) is 5.69 Å². The van der Waals surface area contributed by atoms with E-state index >= 15 is 0 Å². The van der Waals surface area contributed by atoms with Gasteiger partial charge in [-0.2, -0.15) is 0 Å². The monoisotopic (exact) mass is 516 g/mol. The number of imidazole rings is 1. The van der Waals surface area contributed by atoms with Crippen LogP contribution in [0.5, 0.6) is 0 Å². The zero-order chi connectivity index (χ0) is 23.3. The van der Waals surface area contributed by atoms with Crippen molar-refractivity contribution in [3.63, 3.8) is 0 Å². The number of hydrogen-bond donors (Lipinski definition) is 1. The summed E-state index contributed by atoms with van der Waals surface area (Å²) in [5.74, 6) is 1.20. The summed E-state index contributed by atoms with van der Waals surface area (Å²) in [7, 11) is 0. The van der Waals surface area contributed by atoms with Gasteiger partial charge in [0.2, 0.25) is 5.91 Å². The molecule has 1 aromatic heterocycles. The van der Waals surface area contributed by atoms with Crippen LogP contribution in [-0.2, 0) is 17.8 Å². The van der Waals surface area contributed by atoms with Crippen molar-refractivity contribution < 1.29 is 4.79 Å². The number of hydrogen-bond acceptors (Lipinski definition) is 3. The van der Waals surface area contributed by atoms with Gasteiger partial charge in [-0.1, -0.05) is 58.4 Å². The maximum atomic E-state index is 12.9. The molecule has 0 spiro atoms. The van der Waals surface area contributed by atoms with E-state index < -0.39 is 0 Å². The first-order valence-corrected chi connectivity index (χ1v) is 12.7. The molecule has 5 rings (SSSR count). The average molecular weight is 517 g/mol. The number of carbonyl (C=O) groups is 1. The Bertz CT molecular complexity index is 1250. The molecular weight excluding hydrogens is 488 g/mol. The Morgan fingerprint density at radius 3 is 2.59 bits per heavy atom. The van der Waals surface area contributed by atoms with Crippen LogP contribution in [0, 0.1) is 5.92 Å². The third-order valence-electron chi connectivity index (χ3n) is 6.51. The number of amides is 1. The van der Waals surface area contributed by atoms with Crippen molar-refractivity contribution in [2.75, 3.05) is 19.6 Å². The predicted molar refractivity (Wildman–Crippen MR) is 140 cm³/mol. The maximum Gasteiger partial charge on any atom is 0.224 e. The van der Waals surface area contributed by atoms with Crippen molar-refractivity contribution in [2.45, 2.75) is 25.8 Å². The third-order valence-corrected chi connectivity index (χ3v) is 7.04. The van der Waals surface area contributed by atoms with E-state index in [1.54, 1.807) is 0 Å². The van der Waals surface area contributed by atoms with Crippen molar-refractivity contribution in [3.05, 3.63) is 94.7 Å². The van der Waals surface area contributed by atoms with Crippen LogP contribution in [-0.4, -0.2) is 40.0 Å². The summed E-state index contributed by atoms with van der Waals surface area (Å²) >= 11 is 3.54. The molecule has 1 aliphatic heterocycles. The number of rotatable bonds is 7. The summed E-state index contributed by atoms with van der Waals surface area (Å²) in [5.41, 5.74) is 4.44. The number of carbonyl (C=O) groups excluding carboxylic acids is 1. The number of likely N-dealkylation sites (tertiary alicyclic amines) is 1. The lowest BCUT2D eigenvalue weighted by molar-refractivity contribution is -0.126. The highest BCUT2D eigenvalue weighted by Gasteiger charge is 2.27. The Morgan fingerprint density at radius 2 is 1.76 bits per heavy atom. The van der Waals surface area contributed by atoms with Gasteiger partial charge in [0.05, 0.1) is 23.5 Å². The third kappa shape index (κ3) is 5.24. The number of benzene rings is 3. The highest BCUT2D eigenvalue weighted by atomic mass is 79.9. The standard InChI is InChI=1S/C28H29BrN4O/c29-23-12-14-24(15-13-23)33-26-11-5-4-10-25(26)31-27(33)20-32-18-6-9-22(19-32)28(34)30-17-16-21-7-2-1-3-8-21/h1-5,7-8,10-15,22H,6,9,16-20H2,(H,30,34)/t22-/m0/s1. The fourth-order valence-electron chi connectivity index (χ4n) is 4.79. The molecule has 1 fully saturated rings. The van der Waals surface area contributed by atoms with E-state index in [2.05, 4.69) is 85.3 Å². The van der Waals surface area contributed by atoms with Gasteiger partial charge in [-0.25, -0.2) is 4.98 Å². The summed E-state index contributed by atoms with van der Waals surface area (Å²) in [5, 5.41) is 3.16. The molecule has 1 atom stereocenters. The molecule has 1 saturated heterocycles. The molecule has 0 aliphatic carbocycles. The number of aromatic nitrogens is 2. The molecule has 1 amide bonds. The Balaban J connectivity index is 1.28. The predicted octanol–water partition coefficient (Wildman–Crippen LogP) is 5.36. The van der Waals surface area contributed by atoms with E-state index in [9.17, 15) is 4.79 Å². The normalized spacial score (nSPS) is 16.6. The Kier molecular flexibility index (Phi) is 7.07. The van der Waals surface area contributed by atoms with Crippen LogP contribution >= 0.6 is 15.9 Å². The van der Waals surface area contributed by atoms with Crippen LogP contribution in [0.15, 0.2) is 83.3 Å². The van der Waals surface area contributed by atoms with E-state index in [1.165, 1.54) is 5.56 Å². The van der Waals surface area contributed by atoms with Gasteiger partial charge in [-0.3, -0.25) is 14.3 Å². The van der Waals surface area contributed by atoms with E-state index in [4.69, 9.17) is 4.98 Å². The molecular formula is C28H29BrN4O.